The Morgan fingerprint density at radius 2 is 2.20 bits per heavy atom. The van der Waals surface area contributed by atoms with E-state index in [2.05, 4.69) is 12.2 Å². The predicted octanol–water partition coefficient (Wildman–Crippen LogP) is 1.58. The van der Waals surface area contributed by atoms with Crippen LogP contribution < -0.4 is 5.32 Å². The zero-order chi connectivity index (χ0) is 7.98. The number of hydrogen-bond acceptors (Lipinski definition) is 2. The smallest absolute Gasteiger partial charge is 0.0282 e. The van der Waals surface area contributed by atoms with Gasteiger partial charge in [-0.2, -0.15) is 0 Å². The molecule has 0 aliphatic heterocycles. The van der Waals surface area contributed by atoms with E-state index in [-0.39, 0.29) is 0 Å². The van der Waals surface area contributed by atoms with Crippen molar-refractivity contribution in [2.24, 2.45) is 0 Å². The molecule has 0 atom stereocenters. The maximum atomic E-state index is 7.20. The van der Waals surface area contributed by atoms with Crippen LogP contribution in [-0.2, 0) is 0 Å². The average molecular weight is 140 g/mol. The van der Waals surface area contributed by atoms with E-state index in [1.165, 1.54) is 5.57 Å². The minimum atomic E-state index is 0.632. The molecule has 0 aliphatic rings. The number of rotatable bonds is 4. The first-order valence-corrected chi connectivity index (χ1v) is 3.60. The summed E-state index contributed by atoms with van der Waals surface area (Å²) in [5.41, 5.74) is 1.92. The van der Waals surface area contributed by atoms with E-state index in [0.29, 0.717) is 5.71 Å². The quantitative estimate of drug-likeness (QED) is 0.571. The van der Waals surface area contributed by atoms with Gasteiger partial charge < -0.3 is 10.7 Å². The van der Waals surface area contributed by atoms with Crippen LogP contribution in [0.2, 0.25) is 0 Å². The van der Waals surface area contributed by atoms with Crippen LogP contribution >= 0.6 is 0 Å². The van der Waals surface area contributed by atoms with Crippen molar-refractivity contribution >= 4 is 5.71 Å². The van der Waals surface area contributed by atoms with Gasteiger partial charge in [0, 0.05) is 12.3 Å². The summed E-state index contributed by atoms with van der Waals surface area (Å²) >= 11 is 0. The van der Waals surface area contributed by atoms with Gasteiger partial charge in [0.1, 0.15) is 0 Å². The topological polar surface area (TPSA) is 35.9 Å². The van der Waals surface area contributed by atoms with Crippen LogP contribution in [0.25, 0.3) is 0 Å². The number of likely N-dealkylation sites (N-methyl/N-ethyl adjacent to an activating group) is 1. The Labute approximate surface area is 62.8 Å². The molecule has 0 aromatic carbocycles. The van der Waals surface area contributed by atoms with Gasteiger partial charge in [-0.25, -0.2) is 0 Å². The van der Waals surface area contributed by atoms with Gasteiger partial charge in [0.2, 0.25) is 0 Å². The summed E-state index contributed by atoms with van der Waals surface area (Å²) in [6.07, 6.45) is 2.94. The molecule has 0 aromatic rings. The van der Waals surface area contributed by atoms with Gasteiger partial charge in [-0.05, 0) is 26.5 Å². The van der Waals surface area contributed by atoms with Gasteiger partial charge in [-0.3, -0.25) is 0 Å². The molecule has 0 heterocycles. The maximum Gasteiger partial charge on any atom is 0.0282 e. The van der Waals surface area contributed by atoms with Crippen LogP contribution in [0.15, 0.2) is 11.6 Å². The van der Waals surface area contributed by atoms with Crippen molar-refractivity contribution < 1.29 is 0 Å². The second-order valence-corrected chi connectivity index (χ2v) is 2.37. The highest BCUT2D eigenvalue weighted by Gasteiger charge is 1.90. The summed E-state index contributed by atoms with van der Waals surface area (Å²) in [4.78, 5) is 0. The lowest BCUT2D eigenvalue weighted by Crippen LogP contribution is -2.10. The molecule has 0 rings (SSSR count). The molecule has 0 fully saturated rings. The Kier molecular flexibility index (Phi) is 4.85. The highest BCUT2D eigenvalue weighted by molar-refractivity contribution is 5.90. The van der Waals surface area contributed by atoms with Crippen molar-refractivity contribution in [2.75, 3.05) is 13.6 Å². The second kappa shape index (κ2) is 5.18. The first-order chi connectivity index (χ1) is 4.70. The van der Waals surface area contributed by atoms with E-state index >= 15 is 0 Å². The Hall–Kier alpha value is -0.630. The molecule has 2 N–H and O–H groups in total. The van der Waals surface area contributed by atoms with Gasteiger partial charge in [-0.15, -0.1) is 0 Å². The lowest BCUT2D eigenvalue weighted by molar-refractivity contribution is 0.846. The van der Waals surface area contributed by atoms with Crippen LogP contribution in [-0.4, -0.2) is 19.3 Å². The van der Waals surface area contributed by atoms with Gasteiger partial charge in [0.05, 0.1) is 0 Å². The molecule has 58 valence electrons. The molecule has 0 aliphatic carbocycles. The third kappa shape index (κ3) is 4.27. The van der Waals surface area contributed by atoms with Crippen molar-refractivity contribution in [1.82, 2.24) is 5.32 Å². The van der Waals surface area contributed by atoms with E-state index in [4.69, 9.17) is 5.41 Å². The summed E-state index contributed by atoms with van der Waals surface area (Å²) in [5, 5.41) is 10.3. The first kappa shape index (κ1) is 9.37. The molecule has 0 saturated carbocycles. The fourth-order valence-corrected chi connectivity index (χ4v) is 0.811. The first-order valence-electron chi connectivity index (χ1n) is 3.60. The monoisotopic (exact) mass is 140 g/mol. The lowest BCUT2D eigenvalue weighted by atomic mass is 10.1. The van der Waals surface area contributed by atoms with E-state index in [9.17, 15) is 0 Å². The Bertz CT molecular complexity index is 136. The van der Waals surface area contributed by atoms with Gasteiger partial charge >= 0.3 is 0 Å². The predicted molar refractivity (Wildman–Crippen MR) is 45.7 cm³/mol. The molecule has 0 unspecified atom stereocenters. The van der Waals surface area contributed by atoms with Crippen LogP contribution in [0.3, 0.4) is 0 Å². The SMILES string of the molecule is CC/C(=C/C(C)=N)CNC. The van der Waals surface area contributed by atoms with Crippen molar-refractivity contribution in [1.29, 1.82) is 5.41 Å². The van der Waals surface area contributed by atoms with Crippen LogP contribution in [0, 0.1) is 5.41 Å². The standard InChI is InChI=1S/C8H16N2/c1-4-8(6-10-3)5-7(2)9/h5,9-10H,4,6H2,1-3H3/b8-5-,9-7?. The van der Waals surface area contributed by atoms with Crippen LogP contribution in [0.1, 0.15) is 20.3 Å². The minimum absolute atomic E-state index is 0.632. The fourth-order valence-electron chi connectivity index (χ4n) is 0.811. The van der Waals surface area contributed by atoms with Crippen molar-refractivity contribution in [3.63, 3.8) is 0 Å². The number of nitrogens with one attached hydrogen (secondary N) is 2. The van der Waals surface area contributed by atoms with E-state index in [0.717, 1.165) is 13.0 Å². The number of hydrogen-bond donors (Lipinski definition) is 2. The number of allylic oxidation sites excluding steroid dienone is 1. The summed E-state index contributed by atoms with van der Waals surface area (Å²) in [6, 6.07) is 0. The largest absolute Gasteiger partial charge is 0.316 e. The highest BCUT2D eigenvalue weighted by Crippen LogP contribution is 1.97. The molecule has 2 nitrogen and oxygen atoms in total. The Morgan fingerprint density at radius 1 is 1.60 bits per heavy atom. The summed E-state index contributed by atoms with van der Waals surface area (Å²) in [6.45, 7) is 4.80. The normalized spacial score (nSPS) is 11.7. The van der Waals surface area contributed by atoms with Crippen LogP contribution in [0.4, 0.5) is 0 Å². The van der Waals surface area contributed by atoms with Gasteiger partial charge in [0.15, 0.2) is 0 Å². The second-order valence-electron chi connectivity index (χ2n) is 2.37. The summed E-state index contributed by atoms with van der Waals surface area (Å²) in [5.74, 6) is 0. The molecule has 0 saturated heterocycles. The minimum Gasteiger partial charge on any atom is -0.316 e. The van der Waals surface area contributed by atoms with Crippen LogP contribution in [0.5, 0.6) is 0 Å². The maximum absolute atomic E-state index is 7.20. The van der Waals surface area contributed by atoms with E-state index in [1.54, 1.807) is 6.92 Å². The van der Waals surface area contributed by atoms with E-state index in [1.807, 2.05) is 13.1 Å². The molecule has 0 bridgehead atoms. The Morgan fingerprint density at radius 3 is 2.50 bits per heavy atom. The van der Waals surface area contributed by atoms with Crippen molar-refractivity contribution in [2.45, 2.75) is 20.3 Å². The fraction of sp³-hybridized carbons (Fsp3) is 0.625. The van der Waals surface area contributed by atoms with Crippen molar-refractivity contribution in [3.05, 3.63) is 11.6 Å². The van der Waals surface area contributed by atoms with Gasteiger partial charge in [0.25, 0.3) is 0 Å². The van der Waals surface area contributed by atoms with Crippen molar-refractivity contribution in [3.8, 4) is 0 Å². The molecular weight excluding hydrogens is 124 g/mol. The third-order valence-electron chi connectivity index (χ3n) is 1.28. The molecule has 2 heteroatoms. The van der Waals surface area contributed by atoms with E-state index < -0.39 is 0 Å². The zero-order valence-electron chi connectivity index (χ0n) is 6.99. The average Bonchev–Trinajstić information content (AvgIpc) is 1.86. The van der Waals surface area contributed by atoms with Gasteiger partial charge in [-0.1, -0.05) is 12.5 Å². The highest BCUT2D eigenvalue weighted by atomic mass is 14.8. The lowest BCUT2D eigenvalue weighted by Gasteiger charge is -2.01. The zero-order valence-corrected chi connectivity index (χ0v) is 6.99. The molecule has 0 spiro atoms. The Balaban J connectivity index is 3.91. The molecular formula is C8H16N2. The molecule has 0 radical (unpaired) electrons. The third-order valence-corrected chi connectivity index (χ3v) is 1.28. The molecule has 0 amide bonds. The molecule has 0 aromatic heterocycles. The summed E-state index contributed by atoms with van der Waals surface area (Å²) < 4.78 is 0. The molecule has 10 heavy (non-hydrogen) atoms. The summed E-state index contributed by atoms with van der Waals surface area (Å²) in [7, 11) is 1.92.